The second kappa shape index (κ2) is 5.27. The summed E-state index contributed by atoms with van der Waals surface area (Å²) in [6, 6.07) is 0.105. The Balaban J connectivity index is 1.99. The first-order valence-corrected chi connectivity index (χ1v) is 5.90. The normalized spacial score (nSPS) is 23.0. The van der Waals surface area contributed by atoms with Gasteiger partial charge < -0.3 is 15.7 Å². The summed E-state index contributed by atoms with van der Waals surface area (Å²) in [7, 11) is 0. The van der Waals surface area contributed by atoms with Crippen molar-refractivity contribution in [2.45, 2.75) is 38.3 Å². The number of nitrogens with zero attached hydrogens (tertiary/aromatic N) is 2. The Hall–Kier alpha value is -1.43. The van der Waals surface area contributed by atoms with Crippen molar-refractivity contribution >= 4 is 11.8 Å². The molecule has 0 bridgehead atoms. The van der Waals surface area contributed by atoms with Gasteiger partial charge in [0.05, 0.1) is 12.3 Å². The van der Waals surface area contributed by atoms with Crippen LogP contribution in [0, 0.1) is 5.82 Å². The molecule has 0 unspecified atom stereocenters. The smallest absolute Gasteiger partial charge is 0.224 e. The molecule has 1 aromatic heterocycles. The molecule has 0 radical (unpaired) electrons. The van der Waals surface area contributed by atoms with Crippen LogP contribution in [0.5, 0.6) is 0 Å². The van der Waals surface area contributed by atoms with E-state index < -0.39 is 5.82 Å². The molecule has 1 saturated carbocycles. The minimum absolute atomic E-state index is 0.105. The van der Waals surface area contributed by atoms with E-state index in [4.69, 9.17) is 5.11 Å². The highest BCUT2D eigenvalue weighted by Gasteiger charge is 2.28. The predicted octanol–water partition coefficient (Wildman–Crippen LogP) is 1.37. The van der Waals surface area contributed by atoms with Gasteiger partial charge in [-0.25, -0.2) is 9.37 Å². The molecule has 94 valence electrons. The predicted molar refractivity (Wildman–Crippen MR) is 63.4 cm³/mol. The summed E-state index contributed by atoms with van der Waals surface area (Å²) in [5, 5.41) is 15.1. The van der Waals surface area contributed by atoms with E-state index >= 15 is 0 Å². The van der Waals surface area contributed by atoms with E-state index in [1.165, 1.54) is 0 Å². The van der Waals surface area contributed by atoms with Crippen LogP contribution in [0.25, 0.3) is 0 Å². The Morgan fingerprint density at radius 1 is 1.53 bits per heavy atom. The summed E-state index contributed by atoms with van der Waals surface area (Å²) in [5.74, 6) is 0.166. The van der Waals surface area contributed by atoms with Crippen molar-refractivity contribution in [3.8, 4) is 0 Å². The van der Waals surface area contributed by atoms with Crippen LogP contribution in [0.4, 0.5) is 16.2 Å². The van der Waals surface area contributed by atoms with Crippen molar-refractivity contribution in [2.75, 3.05) is 17.2 Å². The van der Waals surface area contributed by atoms with Crippen molar-refractivity contribution in [3.05, 3.63) is 12.0 Å². The zero-order chi connectivity index (χ0) is 12.3. The number of hydrogen-bond donors (Lipinski definition) is 3. The van der Waals surface area contributed by atoms with Crippen LogP contribution in [0.2, 0.25) is 0 Å². The first kappa shape index (κ1) is 12.0. The molecule has 0 aromatic carbocycles. The fraction of sp³-hybridized carbons (Fsp3) is 0.636. The second-order valence-corrected chi connectivity index (χ2v) is 4.28. The van der Waals surface area contributed by atoms with Crippen LogP contribution in [-0.4, -0.2) is 33.8 Å². The molecule has 0 amide bonds. The Morgan fingerprint density at radius 2 is 2.29 bits per heavy atom. The summed E-state index contributed by atoms with van der Waals surface area (Å²) < 4.78 is 13.4. The quantitative estimate of drug-likeness (QED) is 0.725. The molecule has 3 N–H and O–H groups in total. The van der Waals surface area contributed by atoms with E-state index in [2.05, 4.69) is 20.6 Å². The van der Waals surface area contributed by atoms with Gasteiger partial charge in [-0.2, -0.15) is 4.98 Å². The maximum absolute atomic E-state index is 13.4. The largest absolute Gasteiger partial charge is 0.393 e. The van der Waals surface area contributed by atoms with Crippen molar-refractivity contribution in [3.63, 3.8) is 0 Å². The molecule has 1 aliphatic carbocycles. The van der Waals surface area contributed by atoms with Crippen LogP contribution >= 0.6 is 0 Å². The molecule has 2 rings (SSSR count). The van der Waals surface area contributed by atoms with Gasteiger partial charge in [-0.05, 0) is 19.3 Å². The molecular weight excluding hydrogens is 223 g/mol. The number of aromatic nitrogens is 2. The maximum atomic E-state index is 13.4. The lowest BCUT2D eigenvalue weighted by Crippen LogP contribution is -2.39. The number of hydrogen-bond acceptors (Lipinski definition) is 5. The van der Waals surface area contributed by atoms with E-state index in [0.29, 0.717) is 18.8 Å². The lowest BCUT2D eigenvalue weighted by molar-refractivity contribution is 0.0834. The number of aliphatic hydroxyl groups excluding tert-OH is 1. The third-order valence-corrected chi connectivity index (χ3v) is 2.73. The Kier molecular flexibility index (Phi) is 3.73. The van der Waals surface area contributed by atoms with Crippen molar-refractivity contribution in [1.82, 2.24) is 9.97 Å². The highest BCUT2D eigenvalue weighted by atomic mass is 19.1. The van der Waals surface area contributed by atoms with Gasteiger partial charge in [0, 0.05) is 12.6 Å². The van der Waals surface area contributed by atoms with Crippen molar-refractivity contribution in [1.29, 1.82) is 0 Å². The molecule has 1 heterocycles. The van der Waals surface area contributed by atoms with E-state index in [1.54, 1.807) is 0 Å². The Morgan fingerprint density at radius 3 is 2.94 bits per heavy atom. The molecule has 0 saturated heterocycles. The van der Waals surface area contributed by atoms with Crippen LogP contribution in [-0.2, 0) is 0 Å². The number of nitrogens with one attached hydrogen (secondary N) is 2. The molecule has 17 heavy (non-hydrogen) atoms. The number of aliphatic hydroxyl groups is 1. The Bertz CT molecular complexity index is 382. The van der Waals surface area contributed by atoms with Gasteiger partial charge in [0.15, 0.2) is 11.6 Å². The van der Waals surface area contributed by atoms with Gasteiger partial charge >= 0.3 is 0 Å². The van der Waals surface area contributed by atoms with Gasteiger partial charge in [-0.3, -0.25) is 0 Å². The minimum atomic E-state index is -0.464. The molecule has 0 aliphatic heterocycles. The third kappa shape index (κ3) is 3.03. The summed E-state index contributed by atoms with van der Waals surface area (Å²) in [5.41, 5.74) is 0. The van der Waals surface area contributed by atoms with E-state index in [-0.39, 0.29) is 18.0 Å². The molecule has 0 atom stereocenters. The molecular formula is C11H17FN4O. The summed E-state index contributed by atoms with van der Waals surface area (Å²) in [6.07, 6.45) is 3.12. The lowest BCUT2D eigenvalue weighted by atomic mass is 9.89. The second-order valence-electron chi connectivity index (χ2n) is 4.28. The van der Waals surface area contributed by atoms with Crippen LogP contribution in [0.3, 0.4) is 0 Å². The summed E-state index contributed by atoms with van der Waals surface area (Å²) in [6.45, 7) is 2.79. The number of anilines is 2. The van der Waals surface area contributed by atoms with Gasteiger partial charge in [-0.1, -0.05) is 6.92 Å². The Labute approximate surface area is 99.5 Å². The highest BCUT2D eigenvalue weighted by Crippen LogP contribution is 2.24. The first-order chi connectivity index (χ1) is 8.19. The van der Waals surface area contributed by atoms with Crippen LogP contribution in [0.15, 0.2) is 6.20 Å². The highest BCUT2D eigenvalue weighted by molar-refractivity contribution is 5.42. The van der Waals surface area contributed by atoms with Gasteiger partial charge in [-0.15, -0.1) is 0 Å². The fourth-order valence-corrected chi connectivity index (χ4v) is 1.69. The van der Waals surface area contributed by atoms with Gasteiger partial charge in [0.25, 0.3) is 0 Å². The minimum Gasteiger partial charge on any atom is -0.393 e. The molecule has 1 aromatic rings. The lowest BCUT2D eigenvalue weighted by Gasteiger charge is -2.32. The molecule has 0 spiro atoms. The fourth-order valence-electron chi connectivity index (χ4n) is 1.69. The number of rotatable bonds is 5. The zero-order valence-electron chi connectivity index (χ0n) is 9.78. The van der Waals surface area contributed by atoms with Crippen molar-refractivity contribution < 1.29 is 9.50 Å². The van der Waals surface area contributed by atoms with Crippen LogP contribution < -0.4 is 10.6 Å². The molecule has 1 aliphatic rings. The van der Waals surface area contributed by atoms with E-state index in [9.17, 15) is 4.39 Å². The number of halogens is 1. The molecule has 6 heteroatoms. The standard InChI is InChI=1S/C11H17FN4O/c1-2-3-13-11-14-6-9(12)10(16-11)15-7-4-8(17)5-7/h6-8,17H,2-5H2,1H3,(H2,13,14,15,16). The SMILES string of the molecule is CCCNc1ncc(F)c(NC2CC(O)C2)n1. The topological polar surface area (TPSA) is 70.1 Å². The van der Waals surface area contributed by atoms with Crippen LogP contribution in [0.1, 0.15) is 26.2 Å². The summed E-state index contributed by atoms with van der Waals surface area (Å²) >= 11 is 0. The van der Waals surface area contributed by atoms with E-state index in [0.717, 1.165) is 19.2 Å². The average molecular weight is 240 g/mol. The summed E-state index contributed by atoms with van der Waals surface area (Å²) in [4.78, 5) is 7.92. The monoisotopic (exact) mass is 240 g/mol. The zero-order valence-corrected chi connectivity index (χ0v) is 9.78. The van der Waals surface area contributed by atoms with Crippen molar-refractivity contribution in [2.24, 2.45) is 0 Å². The van der Waals surface area contributed by atoms with E-state index in [1.807, 2.05) is 6.92 Å². The first-order valence-electron chi connectivity index (χ1n) is 5.90. The third-order valence-electron chi connectivity index (χ3n) is 2.73. The maximum Gasteiger partial charge on any atom is 0.224 e. The van der Waals surface area contributed by atoms with Gasteiger partial charge in [0.2, 0.25) is 5.95 Å². The molecule has 5 nitrogen and oxygen atoms in total. The molecule has 1 fully saturated rings. The average Bonchev–Trinajstić information content (AvgIpc) is 2.28. The van der Waals surface area contributed by atoms with Gasteiger partial charge in [0.1, 0.15) is 0 Å².